The van der Waals surface area contributed by atoms with E-state index in [2.05, 4.69) is 151 Å². The number of hydrogen-bond acceptors (Lipinski definition) is 2. The van der Waals surface area contributed by atoms with Gasteiger partial charge < -0.3 is 24.8 Å². The molecule has 3 aromatic carbocycles. The van der Waals surface area contributed by atoms with Crippen LogP contribution >= 0.6 is 0 Å². The molecule has 1 fully saturated rings. The second-order valence-electron chi connectivity index (χ2n) is 12.3. The van der Waals surface area contributed by atoms with E-state index in [-0.39, 0.29) is 46.5 Å². The fourth-order valence-corrected chi connectivity index (χ4v) is 8.43. The van der Waals surface area contributed by atoms with Gasteiger partial charge in [0, 0.05) is 0 Å². The fourth-order valence-electron chi connectivity index (χ4n) is 6.27. The van der Waals surface area contributed by atoms with Crippen molar-refractivity contribution < 1.29 is 41.0 Å². The van der Waals surface area contributed by atoms with Gasteiger partial charge in [0.1, 0.15) is 0 Å². The molecule has 0 radical (unpaired) electrons. The molecule has 0 N–H and O–H groups in total. The molecule has 234 valence electrons. The van der Waals surface area contributed by atoms with Gasteiger partial charge >= 0.3 is 195 Å². The zero-order chi connectivity index (χ0) is 30.1. The first-order chi connectivity index (χ1) is 19.3. The van der Waals surface area contributed by atoms with Crippen LogP contribution in [0.15, 0.2) is 71.3 Å². The van der Waals surface area contributed by atoms with E-state index in [1.807, 2.05) is 0 Å². The molecule has 0 bridgehead atoms. The molecular formula is C38H47Cl2N2Ru-3. The third-order valence-electron chi connectivity index (χ3n) is 8.41. The smallest absolute Gasteiger partial charge is 1.00 e. The van der Waals surface area contributed by atoms with Gasteiger partial charge in [-0.1, -0.05) is 33.1 Å². The molecule has 43 heavy (non-hydrogen) atoms. The van der Waals surface area contributed by atoms with Crippen molar-refractivity contribution in [3.05, 3.63) is 116 Å². The van der Waals surface area contributed by atoms with Crippen LogP contribution in [0, 0.1) is 53.0 Å². The molecule has 1 heterocycles. The quantitative estimate of drug-likeness (QED) is 0.306. The fraction of sp³-hybridized carbons (Fsp3) is 0.368. The van der Waals surface area contributed by atoms with Crippen LogP contribution in [0.1, 0.15) is 73.6 Å². The number of benzene rings is 3. The molecule has 0 spiro atoms. The van der Waals surface area contributed by atoms with Gasteiger partial charge in [0.15, 0.2) is 0 Å². The van der Waals surface area contributed by atoms with Crippen molar-refractivity contribution in [2.75, 3.05) is 22.9 Å². The van der Waals surface area contributed by atoms with Gasteiger partial charge in [-0.2, -0.15) is 11.1 Å². The second-order valence-corrected chi connectivity index (χ2v) is 14.1. The molecule has 5 heteroatoms. The van der Waals surface area contributed by atoms with Gasteiger partial charge in [0.05, 0.1) is 0 Å². The first-order valence-electron chi connectivity index (χ1n) is 14.7. The average molecular weight is 704 g/mol. The van der Waals surface area contributed by atoms with Crippen LogP contribution in [-0.4, -0.2) is 22.1 Å². The Labute approximate surface area is 280 Å². The largest absolute Gasteiger partial charge is 1.00 e. The van der Waals surface area contributed by atoms with E-state index in [1.165, 1.54) is 71.4 Å². The Morgan fingerprint density at radius 1 is 0.674 bits per heavy atom. The van der Waals surface area contributed by atoms with Crippen molar-refractivity contribution in [3.63, 3.8) is 0 Å². The van der Waals surface area contributed by atoms with E-state index in [0.717, 1.165) is 13.1 Å². The topological polar surface area (TPSA) is 6.48 Å². The molecule has 2 nitrogen and oxygen atoms in total. The van der Waals surface area contributed by atoms with E-state index in [9.17, 15) is 0 Å². The summed E-state index contributed by atoms with van der Waals surface area (Å²) in [5, 5.41) is 0. The Hall–Kier alpha value is -2.32. The van der Waals surface area contributed by atoms with Crippen LogP contribution in [0.4, 0.5) is 11.4 Å². The van der Waals surface area contributed by atoms with Gasteiger partial charge in [-0.15, -0.1) is 6.92 Å². The maximum atomic E-state index is 3.44. The minimum absolute atomic E-state index is 0. The monoisotopic (exact) mass is 703 g/mol. The molecule has 1 saturated heterocycles. The van der Waals surface area contributed by atoms with Crippen molar-refractivity contribution in [1.29, 1.82) is 0 Å². The first-order valence-corrected chi connectivity index (χ1v) is 16.5. The molecule has 3 aromatic rings. The third-order valence-corrected chi connectivity index (χ3v) is 10.6. The molecular weight excluding hydrogens is 656 g/mol. The average Bonchev–Trinajstić information content (AvgIpc) is 3.36. The summed E-state index contributed by atoms with van der Waals surface area (Å²) in [6.07, 6.45) is 3.44. The number of allylic oxidation sites excluding steroid dienone is 4. The second kappa shape index (κ2) is 15.1. The van der Waals surface area contributed by atoms with E-state index in [1.54, 1.807) is 0 Å². The van der Waals surface area contributed by atoms with Crippen molar-refractivity contribution in [2.24, 2.45) is 5.41 Å². The van der Waals surface area contributed by atoms with Crippen molar-refractivity contribution in [2.45, 2.75) is 76.2 Å². The zero-order valence-electron chi connectivity index (χ0n) is 27.7. The summed E-state index contributed by atoms with van der Waals surface area (Å²) in [7, 11) is 0. The van der Waals surface area contributed by atoms with E-state index >= 15 is 0 Å². The van der Waals surface area contributed by atoms with Gasteiger partial charge in [-0.25, -0.2) is 5.57 Å². The summed E-state index contributed by atoms with van der Waals surface area (Å²) in [6.45, 7) is 26.4. The Kier molecular flexibility index (Phi) is 13.0. The van der Waals surface area contributed by atoms with Gasteiger partial charge in [-0.05, 0) is 0 Å². The standard InChI is InChI=1S/C21H26N2.C10H15.C7H6.2ClH.Ru/c1-14-9-16(3)20(17(4)10-14)22-7-8-23(13-22)21-18(5)11-15(2)12-19(21)6;1-7-6-10(4,5)9(3)8(7)2;1-7-5-3-2-4-6-7;;;/h9-12H,7-8H2,1-6H3;1-5H3;1-6H;2*1H;/q;-1;;;;/p-2. The third kappa shape index (κ3) is 8.24. The predicted molar refractivity (Wildman–Crippen MR) is 177 cm³/mol. The Balaban J connectivity index is 0.000000460. The SMILES string of the molecule is CC1=[C-]C(C)(C)C(C)=C1C.Cc1cc(C)c(N2CCN(c3c(C)cc(C)cc3C)[C]2=[Ru]=[CH]c2ccccc2)c(C)c1.[Cl-].[Cl-]. The Morgan fingerprint density at radius 3 is 1.42 bits per heavy atom. The van der Waals surface area contributed by atoms with E-state index < -0.39 is 0 Å². The number of aryl methyl sites for hydroxylation is 6. The molecule has 0 amide bonds. The maximum absolute atomic E-state index is 3.44. The maximum Gasteiger partial charge on any atom is -1.00 e. The van der Waals surface area contributed by atoms with Crippen molar-refractivity contribution in [1.82, 2.24) is 0 Å². The van der Waals surface area contributed by atoms with Crippen LogP contribution in [-0.2, 0) is 16.2 Å². The van der Waals surface area contributed by atoms with Gasteiger partial charge in [-0.3, -0.25) is 6.08 Å². The van der Waals surface area contributed by atoms with Crippen molar-refractivity contribution >= 4 is 20.3 Å². The van der Waals surface area contributed by atoms with E-state index in [0.29, 0.717) is 0 Å². The van der Waals surface area contributed by atoms with Crippen LogP contribution in [0.3, 0.4) is 0 Å². The van der Waals surface area contributed by atoms with E-state index in [4.69, 9.17) is 0 Å². The molecule has 5 rings (SSSR count). The predicted octanol–water partition coefficient (Wildman–Crippen LogP) is 3.00. The summed E-state index contributed by atoms with van der Waals surface area (Å²) < 4.78 is 3.91. The number of hydrogen-bond donors (Lipinski definition) is 0. The molecule has 1 aliphatic carbocycles. The molecule has 0 atom stereocenters. The minimum atomic E-state index is -0.0911. The van der Waals surface area contributed by atoms with Gasteiger partial charge in [0.25, 0.3) is 0 Å². The number of anilines is 2. The molecule has 0 unspecified atom stereocenters. The zero-order valence-corrected chi connectivity index (χ0v) is 30.9. The molecule has 0 aromatic heterocycles. The van der Waals surface area contributed by atoms with Crippen molar-refractivity contribution in [3.8, 4) is 0 Å². The summed E-state index contributed by atoms with van der Waals surface area (Å²) in [5.41, 5.74) is 16.6. The summed E-state index contributed by atoms with van der Waals surface area (Å²) in [5.74, 6) is 0. The van der Waals surface area contributed by atoms with Crippen LogP contribution in [0.2, 0.25) is 0 Å². The minimum Gasteiger partial charge on any atom is -1.00 e. The summed E-state index contributed by atoms with van der Waals surface area (Å²) in [4.78, 5) is 5.20. The molecule has 2 aliphatic rings. The number of nitrogens with zero attached hydrogens (tertiary/aromatic N) is 2. The Bertz CT molecular complexity index is 1480. The summed E-state index contributed by atoms with van der Waals surface area (Å²) >= 11 is -0.0911. The first kappa shape index (κ1) is 36.9. The number of rotatable bonds is 3. The van der Waals surface area contributed by atoms with Crippen LogP contribution in [0.5, 0.6) is 0 Å². The normalized spacial score (nSPS) is 15.4. The van der Waals surface area contributed by atoms with Crippen LogP contribution < -0.4 is 34.6 Å². The molecule has 1 aliphatic heterocycles. The summed E-state index contributed by atoms with van der Waals surface area (Å²) in [6, 6.07) is 20.1. The van der Waals surface area contributed by atoms with Gasteiger partial charge in [0.2, 0.25) is 0 Å². The molecule has 0 saturated carbocycles. The van der Waals surface area contributed by atoms with Crippen LogP contribution in [0.25, 0.3) is 0 Å². The Morgan fingerprint density at radius 2 is 1.09 bits per heavy atom. The number of halogens is 2.